The second kappa shape index (κ2) is 5.17. The second-order valence-corrected chi connectivity index (χ2v) is 6.08. The minimum atomic E-state index is -4.34. The fraction of sp³-hybridized carbons (Fsp3) is 0.750. The second-order valence-electron chi connectivity index (χ2n) is 4.97. The third-order valence-corrected chi connectivity index (χ3v) is 4.58. The first-order chi connectivity index (χ1) is 8.41. The van der Waals surface area contributed by atoms with Crippen molar-refractivity contribution in [1.82, 2.24) is 10.3 Å². The quantitative estimate of drug-likeness (QED) is 0.910. The molecule has 1 aliphatic carbocycles. The molecule has 6 heteroatoms. The Bertz CT molecular complexity index is 414. The molecular weight excluding hydrogens is 261 g/mol. The highest BCUT2D eigenvalue weighted by Crippen LogP contribution is 2.42. The molecule has 1 fully saturated rings. The van der Waals surface area contributed by atoms with Crippen molar-refractivity contribution in [1.29, 1.82) is 0 Å². The van der Waals surface area contributed by atoms with Gasteiger partial charge in [-0.05, 0) is 25.8 Å². The molecule has 0 saturated heterocycles. The van der Waals surface area contributed by atoms with Gasteiger partial charge < -0.3 is 5.32 Å². The van der Waals surface area contributed by atoms with Gasteiger partial charge in [0.1, 0.15) is 0 Å². The van der Waals surface area contributed by atoms with Crippen LogP contribution in [0, 0.1) is 5.92 Å². The molecule has 0 aliphatic heterocycles. The van der Waals surface area contributed by atoms with Gasteiger partial charge in [-0.1, -0.05) is 13.3 Å². The summed E-state index contributed by atoms with van der Waals surface area (Å²) in [5.74, 6) is 0.817. The smallest absolute Gasteiger partial charge is 0.315 e. The standard InChI is InChI=1S/C12H17F3N2S/c1-7-3-4-8(5-7)11-17-10(12(13,14)15)9(18-11)6-16-2/h7-8,16H,3-6H2,1-2H3. The van der Waals surface area contributed by atoms with E-state index in [4.69, 9.17) is 0 Å². The maximum atomic E-state index is 12.9. The first-order valence-electron chi connectivity index (χ1n) is 6.13. The van der Waals surface area contributed by atoms with E-state index in [1.807, 2.05) is 0 Å². The Morgan fingerprint density at radius 3 is 2.61 bits per heavy atom. The number of thiazole rings is 1. The molecule has 1 heterocycles. The van der Waals surface area contributed by atoms with E-state index in [1.165, 1.54) is 11.3 Å². The molecule has 102 valence electrons. The normalized spacial score (nSPS) is 24.7. The van der Waals surface area contributed by atoms with Crippen LogP contribution in [0.15, 0.2) is 0 Å². The van der Waals surface area contributed by atoms with Crippen molar-refractivity contribution in [2.24, 2.45) is 5.92 Å². The third kappa shape index (κ3) is 2.85. The Labute approximate surface area is 109 Å². The van der Waals surface area contributed by atoms with E-state index in [0.29, 0.717) is 15.8 Å². The third-order valence-electron chi connectivity index (χ3n) is 3.36. The van der Waals surface area contributed by atoms with Crippen LogP contribution in [0.2, 0.25) is 0 Å². The zero-order chi connectivity index (χ0) is 13.3. The number of nitrogens with zero attached hydrogens (tertiary/aromatic N) is 1. The summed E-state index contributed by atoms with van der Waals surface area (Å²) in [5.41, 5.74) is -0.698. The van der Waals surface area contributed by atoms with Gasteiger partial charge in [0.25, 0.3) is 0 Å². The SMILES string of the molecule is CNCc1sc(C2CCC(C)C2)nc1C(F)(F)F. The van der Waals surface area contributed by atoms with Gasteiger partial charge in [-0.15, -0.1) is 11.3 Å². The Kier molecular flexibility index (Phi) is 3.96. The molecule has 0 spiro atoms. The van der Waals surface area contributed by atoms with E-state index in [1.54, 1.807) is 7.05 Å². The first-order valence-corrected chi connectivity index (χ1v) is 6.95. The highest BCUT2D eigenvalue weighted by atomic mass is 32.1. The maximum absolute atomic E-state index is 12.9. The van der Waals surface area contributed by atoms with Gasteiger partial charge in [0, 0.05) is 12.5 Å². The number of aromatic nitrogens is 1. The molecule has 18 heavy (non-hydrogen) atoms. The van der Waals surface area contributed by atoms with E-state index in [-0.39, 0.29) is 12.5 Å². The summed E-state index contributed by atoms with van der Waals surface area (Å²) >= 11 is 1.22. The first kappa shape index (κ1) is 13.8. The van der Waals surface area contributed by atoms with Crippen LogP contribution in [0.5, 0.6) is 0 Å². The Morgan fingerprint density at radius 1 is 1.39 bits per heavy atom. The lowest BCUT2D eigenvalue weighted by Gasteiger charge is -2.05. The van der Waals surface area contributed by atoms with Crippen LogP contribution < -0.4 is 5.32 Å². The average molecular weight is 278 g/mol. The molecule has 1 N–H and O–H groups in total. The lowest BCUT2D eigenvalue weighted by Crippen LogP contribution is -2.13. The molecule has 2 rings (SSSR count). The number of rotatable bonds is 3. The summed E-state index contributed by atoms with van der Waals surface area (Å²) in [6.07, 6.45) is -1.33. The van der Waals surface area contributed by atoms with Gasteiger partial charge >= 0.3 is 6.18 Å². The van der Waals surface area contributed by atoms with Crippen LogP contribution in [0.4, 0.5) is 13.2 Å². The number of hydrogen-bond donors (Lipinski definition) is 1. The summed E-state index contributed by atoms with van der Waals surface area (Å²) in [6.45, 7) is 2.38. The van der Waals surface area contributed by atoms with Gasteiger partial charge in [0.2, 0.25) is 0 Å². The molecule has 0 amide bonds. The van der Waals surface area contributed by atoms with Crippen molar-refractivity contribution >= 4 is 11.3 Å². The number of alkyl halides is 3. The maximum Gasteiger partial charge on any atom is 0.434 e. The summed E-state index contributed by atoms with van der Waals surface area (Å²) in [5, 5.41) is 3.44. The molecule has 2 atom stereocenters. The molecule has 1 saturated carbocycles. The molecule has 2 nitrogen and oxygen atoms in total. The van der Waals surface area contributed by atoms with Crippen molar-refractivity contribution in [2.75, 3.05) is 7.05 Å². The van der Waals surface area contributed by atoms with Crippen molar-refractivity contribution in [2.45, 2.75) is 44.8 Å². The largest absolute Gasteiger partial charge is 0.434 e. The van der Waals surface area contributed by atoms with Gasteiger partial charge in [0.05, 0.1) is 9.88 Å². The zero-order valence-electron chi connectivity index (χ0n) is 10.5. The van der Waals surface area contributed by atoms with E-state index in [9.17, 15) is 13.2 Å². The predicted molar refractivity (Wildman–Crippen MR) is 65.6 cm³/mol. The highest BCUT2D eigenvalue weighted by molar-refractivity contribution is 7.11. The van der Waals surface area contributed by atoms with Crippen molar-refractivity contribution in [3.63, 3.8) is 0 Å². The topological polar surface area (TPSA) is 24.9 Å². The molecule has 0 aromatic carbocycles. The van der Waals surface area contributed by atoms with Crippen LogP contribution >= 0.6 is 11.3 Å². The lowest BCUT2D eigenvalue weighted by atomic mass is 10.1. The zero-order valence-corrected chi connectivity index (χ0v) is 11.3. The van der Waals surface area contributed by atoms with Crippen molar-refractivity contribution in [3.8, 4) is 0 Å². The summed E-state index contributed by atoms with van der Waals surface area (Å²) < 4.78 is 38.6. The van der Waals surface area contributed by atoms with Crippen molar-refractivity contribution < 1.29 is 13.2 Å². The minimum Gasteiger partial charge on any atom is -0.315 e. The van der Waals surface area contributed by atoms with E-state index in [2.05, 4.69) is 17.2 Å². The van der Waals surface area contributed by atoms with Gasteiger partial charge in [-0.25, -0.2) is 4.98 Å². The Balaban J connectivity index is 2.27. The molecule has 1 aliphatic rings. The monoisotopic (exact) mass is 278 g/mol. The van der Waals surface area contributed by atoms with Crippen molar-refractivity contribution in [3.05, 3.63) is 15.6 Å². The van der Waals surface area contributed by atoms with Gasteiger partial charge in [0.15, 0.2) is 5.69 Å². The average Bonchev–Trinajstić information content (AvgIpc) is 2.84. The fourth-order valence-corrected chi connectivity index (χ4v) is 3.72. The fourth-order valence-electron chi connectivity index (χ4n) is 2.48. The molecule has 0 radical (unpaired) electrons. The highest BCUT2D eigenvalue weighted by Gasteiger charge is 2.38. The summed E-state index contributed by atoms with van der Waals surface area (Å²) in [7, 11) is 1.65. The predicted octanol–water partition coefficient (Wildman–Crippen LogP) is 3.78. The number of hydrogen-bond acceptors (Lipinski definition) is 3. The minimum absolute atomic E-state index is 0.219. The van der Waals surface area contributed by atoms with Crippen LogP contribution in [0.3, 0.4) is 0 Å². The molecule has 1 aromatic heterocycles. The van der Waals surface area contributed by atoms with E-state index >= 15 is 0 Å². The Hall–Kier alpha value is -0.620. The molecule has 2 unspecified atom stereocenters. The van der Waals surface area contributed by atoms with Crippen LogP contribution in [-0.4, -0.2) is 12.0 Å². The summed E-state index contributed by atoms with van der Waals surface area (Å²) in [4.78, 5) is 4.18. The number of halogens is 3. The molecular formula is C12H17F3N2S. The van der Waals surface area contributed by atoms with Crippen LogP contribution in [0.25, 0.3) is 0 Å². The van der Waals surface area contributed by atoms with E-state index < -0.39 is 11.9 Å². The van der Waals surface area contributed by atoms with Gasteiger partial charge in [-0.2, -0.15) is 13.2 Å². The number of nitrogens with one attached hydrogen (secondary N) is 1. The van der Waals surface area contributed by atoms with E-state index in [0.717, 1.165) is 19.3 Å². The lowest BCUT2D eigenvalue weighted by molar-refractivity contribution is -0.141. The molecule has 1 aromatic rings. The van der Waals surface area contributed by atoms with Crippen LogP contribution in [0.1, 0.15) is 47.7 Å². The Morgan fingerprint density at radius 2 is 2.11 bits per heavy atom. The van der Waals surface area contributed by atoms with Crippen LogP contribution in [-0.2, 0) is 12.7 Å². The molecule has 0 bridgehead atoms. The van der Waals surface area contributed by atoms with Gasteiger partial charge in [-0.3, -0.25) is 0 Å². The summed E-state index contributed by atoms with van der Waals surface area (Å²) in [6, 6.07) is 0.